The largest absolute Gasteiger partial charge is 0.354 e. The van der Waals surface area contributed by atoms with Gasteiger partial charge in [0.1, 0.15) is 11.6 Å². The van der Waals surface area contributed by atoms with Crippen LogP contribution in [0.15, 0.2) is 4.99 Å². The van der Waals surface area contributed by atoms with Gasteiger partial charge in [0.05, 0.1) is 0 Å². The molecule has 0 spiro atoms. The molecule has 1 fully saturated rings. The molecule has 1 atom stereocenters. The molecule has 1 aliphatic heterocycles. The predicted molar refractivity (Wildman–Crippen MR) is 104 cm³/mol. The van der Waals surface area contributed by atoms with Crippen molar-refractivity contribution >= 4 is 29.9 Å². The first-order valence-electron chi connectivity index (χ1n) is 8.66. The van der Waals surface area contributed by atoms with Gasteiger partial charge in [0.25, 0.3) is 0 Å². The summed E-state index contributed by atoms with van der Waals surface area (Å²) in [4.78, 5) is 4.60. The van der Waals surface area contributed by atoms with Crippen molar-refractivity contribution in [2.75, 3.05) is 6.54 Å². The molecule has 130 valence electrons. The van der Waals surface area contributed by atoms with Crippen LogP contribution in [0.2, 0.25) is 0 Å². The van der Waals surface area contributed by atoms with Crippen molar-refractivity contribution in [3.63, 3.8) is 0 Å². The molecular formula is C16H29IN6. The average Bonchev–Trinajstić information content (AvgIpc) is 2.86. The lowest BCUT2D eigenvalue weighted by Crippen LogP contribution is -2.51. The summed E-state index contributed by atoms with van der Waals surface area (Å²) in [6, 6.07) is 1.01. The average molecular weight is 432 g/mol. The standard InChI is InChI=1S/C16H28N6.HI/c1-4-17-16(18-12-6-5-7-12)19-13-8-9-14-20-21-15(11(2)3)22(14)10-13;/h11-13H,4-10H2,1-3H3,(H2,17,18,19);1H. The first-order valence-corrected chi connectivity index (χ1v) is 8.66. The second kappa shape index (κ2) is 8.30. The second-order valence-electron chi connectivity index (χ2n) is 6.71. The maximum Gasteiger partial charge on any atom is 0.191 e. The van der Waals surface area contributed by atoms with Crippen LogP contribution in [-0.2, 0) is 13.0 Å². The molecule has 23 heavy (non-hydrogen) atoms. The zero-order valence-electron chi connectivity index (χ0n) is 14.4. The minimum Gasteiger partial charge on any atom is -0.354 e. The first kappa shape index (κ1) is 18.5. The number of aliphatic imine (C=N–C) groups is 1. The van der Waals surface area contributed by atoms with E-state index in [0.29, 0.717) is 18.0 Å². The number of halogens is 1. The molecule has 0 saturated heterocycles. The minimum atomic E-state index is 0. The second-order valence-corrected chi connectivity index (χ2v) is 6.71. The Morgan fingerprint density at radius 1 is 1.22 bits per heavy atom. The fraction of sp³-hybridized carbons (Fsp3) is 0.812. The molecule has 1 saturated carbocycles. The van der Waals surface area contributed by atoms with Crippen molar-refractivity contribution in [3.8, 4) is 0 Å². The number of guanidine groups is 1. The van der Waals surface area contributed by atoms with E-state index in [1.165, 1.54) is 19.3 Å². The van der Waals surface area contributed by atoms with Gasteiger partial charge in [-0.3, -0.25) is 4.99 Å². The van der Waals surface area contributed by atoms with Crippen LogP contribution >= 0.6 is 24.0 Å². The number of rotatable bonds is 4. The molecule has 1 aliphatic carbocycles. The summed E-state index contributed by atoms with van der Waals surface area (Å²) in [6.45, 7) is 8.18. The highest BCUT2D eigenvalue weighted by Gasteiger charge is 2.25. The molecule has 0 radical (unpaired) electrons. The van der Waals surface area contributed by atoms with Crippen molar-refractivity contribution in [1.82, 2.24) is 25.4 Å². The molecule has 2 aliphatic rings. The molecule has 6 nitrogen and oxygen atoms in total. The van der Waals surface area contributed by atoms with Crippen molar-refractivity contribution in [1.29, 1.82) is 0 Å². The Kier molecular flexibility index (Phi) is 6.67. The summed E-state index contributed by atoms with van der Waals surface area (Å²) in [5.74, 6) is 3.61. The van der Waals surface area contributed by atoms with E-state index in [1.54, 1.807) is 0 Å². The number of nitrogens with one attached hydrogen (secondary N) is 2. The van der Waals surface area contributed by atoms with E-state index in [-0.39, 0.29) is 24.0 Å². The van der Waals surface area contributed by atoms with E-state index in [0.717, 1.165) is 43.5 Å². The van der Waals surface area contributed by atoms with Crippen molar-refractivity contribution in [3.05, 3.63) is 11.6 Å². The molecule has 7 heteroatoms. The summed E-state index contributed by atoms with van der Waals surface area (Å²) in [7, 11) is 0. The molecule has 1 unspecified atom stereocenters. The van der Waals surface area contributed by atoms with Crippen molar-refractivity contribution < 1.29 is 0 Å². The Balaban J connectivity index is 0.00000192. The lowest BCUT2D eigenvalue weighted by molar-refractivity contribution is 0.367. The molecule has 2 N–H and O–H groups in total. The summed E-state index contributed by atoms with van der Waals surface area (Å²) < 4.78 is 2.29. The number of aromatic nitrogens is 3. The predicted octanol–water partition coefficient (Wildman–Crippen LogP) is 2.44. The van der Waals surface area contributed by atoms with Gasteiger partial charge in [0.15, 0.2) is 5.96 Å². The molecule has 2 heterocycles. The molecule has 1 aromatic heterocycles. The monoisotopic (exact) mass is 432 g/mol. The Morgan fingerprint density at radius 3 is 2.57 bits per heavy atom. The molecule has 0 amide bonds. The van der Waals surface area contributed by atoms with Gasteiger partial charge in [-0.25, -0.2) is 0 Å². The third-order valence-corrected chi connectivity index (χ3v) is 4.59. The first-order chi connectivity index (χ1) is 10.7. The van der Waals surface area contributed by atoms with Gasteiger partial charge in [-0.2, -0.15) is 0 Å². The fourth-order valence-corrected chi connectivity index (χ4v) is 3.12. The molecule has 3 rings (SSSR count). The zero-order valence-corrected chi connectivity index (χ0v) is 16.7. The van der Waals surface area contributed by atoms with Crippen LogP contribution in [0.3, 0.4) is 0 Å². The Morgan fingerprint density at radius 2 is 1.96 bits per heavy atom. The number of hydrogen-bond donors (Lipinski definition) is 2. The molecule has 1 aromatic rings. The minimum absolute atomic E-state index is 0. The van der Waals surface area contributed by atoms with E-state index < -0.39 is 0 Å². The van der Waals surface area contributed by atoms with Crippen molar-refractivity contribution in [2.24, 2.45) is 4.99 Å². The summed E-state index contributed by atoms with van der Waals surface area (Å²) in [5.41, 5.74) is 0. The van der Waals surface area contributed by atoms with Crippen LogP contribution < -0.4 is 10.6 Å². The quantitative estimate of drug-likeness (QED) is 0.436. The van der Waals surface area contributed by atoms with Crippen LogP contribution in [0.25, 0.3) is 0 Å². The van der Waals surface area contributed by atoms with Crippen LogP contribution in [0.4, 0.5) is 0 Å². The van der Waals surface area contributed by atoms with Gasteiger partial charge in [-0.1, -0.05) is 13.8 Å². The van der Waals surface area contributed by atoms with Gasteiger partial charge in [0.2, 0.25) is 0 Å². The van der Waals surface area contributed by atoms with E-state index in [4.69, 9.17) is 0 Å². The van der Waals surface area contributed by atoms with Crippen LogP contribution in [0.1, 0.15) is 64.0 Å². The number of hydrogen-bond acceptors (Lipinski definition) is 3. The van der Waals surface area contributed by atoms with Gasteiger partial charge >= 0.3 is 0 Å². The topological polar surface area (TPSA) is 67.1 Å². The van der Waals surface area contributed by atoms with Gasteiger partial charge < -0.3 is 15.2 Å². The normalized spacial score (nSPS) is 21.4. The zero-order chi connectivity index (χ0) is 15.5. The van der Waals surface area contributed by atoms with Gasteiger partial charge in [0, 0.05) is 37.5 Å². The Hall–Kier alpha value is -0.860. The maximum atomic E-state index is 4.60. The Labute approximate surface area is 155 Å². The third-order valence-electron chi connectivity index (χ3n) is 4.59. The third kappa shape index (κ3) is 4.36. The van der Waals surface area contributed by atoms with Crippen molar-refractivity contribution in [2.45, 2.75) is 77.4 Å². The fourth-order valence-electron chi connectivity index (χ4n) is 3.12. The van der Waals surface area contributed by atoms with E-state index in [2.05, 4.69) is 51.2 Å². The summed E-state index contributed by atoms with van der Waals surface area (Å²) in [5, 5.41) is 15.9. The number of aryl methyl sites for hydroxylation is 1. The van der Waals surface area contributed by atoms with Crippen LogP contribution in [0, 0.1) is 0 Å². The molecule has 0 bridgehead atoms. The number of fused-ring (bicyclic) bond motifs is 1. The number of nitrogens with zero attached hydrogens (tertiary/aromatic N) is 4. The van der Waals surface area contributed by atoms with Crippen LogP contribution in [0.5, 0.6) is 0 Å². The highest BCUT2D eigenvalue weighted by Crippen LogP contribution is 2.21. The van der Waals surface area contributed by atoms with E-state index in [9.17, 15) is 0 Å². The summed E-state index contributed by atoms with van der Waals surface area (Å²) in [6.07, 6.45) is 5.94. The van der Waals surface area contributed by atoms with E-state index >= 15 is 0 Å². The Bertz CT molecular complexity index is 535. The van der Waals surface area contributed by atoms with E-state index in [1.807, 2.05) is 0 Å². The smallest absolute Gasteiger partial charge is 0.191 e. The van der Waals surface area contributed by atoms with Gasteiger partial charge in [-0.05, 0) is 32.6 Å². The summed E-state index contributed by atoms with van der Waals surface area (Å²) >= 11 is 0. The lowest BCUT2D eigenvalue weighted by atomic mass is 9.93. The van der Waals surface area contributed by atoms with Crippen LogP contribution in [-0.4, -0.2) is 39.4 Å². The molecular weight excluding hydrogens is 403 g/mol. The maximum absolute atomic E-state index is 4.60. The SMILES string of the molecule is CCN=C(NC1CCC1)NC1CCc2nnc(C(C)C)n2C1.I. The lowest BCUT2D eigenvalue weighted by Gasteiger charge is -2.32. The highest BCUT2D eigenvalue weighted by molar-refractivity contribution is 14.0. The molecule has 0 aromatic carbocycles. The van der Waals surface area contributed by atoms with Gasteiger partial charge in [-0.15, -0.1) is 34.2 Å². The highest BCUT2D eigenvalue weighted by atomic mass is 127.